The monoisotopic (exact) mass is 392 g/mol. The maximum atomic E-state index is 9.20. The molecule has 0 aliphatic heterocycles. The number of aliphatic hydroxyl groups is 1. The molecule has 2 aromatic rings. The van der Waals surface area contributed by atoms with E-state index in [1.807, 2.05) is 0 Å². The first-order valence-corrected chi connectivity index (χ1v) is 12.1. The highest BCUT2D eigenvalue weighted by atomic mass is 16.2. The van der Waals surface area contributed by atoms with Crippen molar-refractivity contribution in [3.63, 3.8) is 0 Å². The summed E-state index contributed by atoms with van der Waals surface area (Å²) in [6.07, 6.45) is 14.4. The van der Waals surface area contributed by atoms with Crippen molar-refractivity contribution < 1.29 is 5.11 Å². The highest BCUT2D eigenvalue weighted by Crippen LogP contribution is 2.38. The molecule has 0 spiro atoms. The summed E-state index contributed by atoms with van der Waals surface area (Å²) in [4.78, 5) is 0. The van der Waals surface area contributed by atoms with E-state index in [1.54, 1.807) is 0 Å². The third kappa shape index (κ3) is 6.19. The number of unbranched alkanes of at least 4 members (excludes halogenated alkanes) is 3. The maximum absolute atomic E-state index is 9.20. The fraction of sp³-hybridized carbons (Fsp3) is 0.571. The van der Waals surface area contributed by atoms with Crippen molar-refractivity contribution in [1.82, 2.24) is 0 Å². The van der Waals surface area contributed by atoms with Gasteiger partial charge >= 0.3 is 0 Å². The molecule has 0 radical (unpaired) electrons. The van der Waals surface area contributed by atoms with Crippen LogP contribution in [0.5, 0.6) is 0 Å². The van der Waals surface area contributed by atoms with Crippen molar-refractivity contribution in [3.8, 4) is 11.1 Å². The van der Waals surface area contributed by atoms with Gasteiger partial charge in [0.25, 0.3) is 0 Å². The Morgan fingerprint density at radius 1 is 0.862 bits per heavy atom. The number of rotatable bonds is 10. The Bertz CT molecular complexity index is 722. The quantitative estimate of drug-likeness (QED) is 0.411. The fourth-order valence-corrected chi connectivity index (χ4v) is 5.08. The molecular weight excluding hydrogens is 352 g/mol. The molecule has 2 aromatic carbocycles. The van der Waals surface area contributed by atoms with Crippen LogP contribution < -0.4 is 0 Å². The van der Waals surface area contributed by atoms with E-state index in [1.165, 1.54) is 85.6 Å². The normalized spacial score (nSPS) is 19.4. The minimum Gasteiger partial charge on any atom is -0.396 e. The number of benzene rings is 2. The first kappa shape index (κ1) is 22.1. The topological polar surface area (TPSA) is 20.2 Å². The highest BCUT2D eigenvalue weighted by molar-refractivity contribution is 5.68. The van der Waals surface area contributed by atoms with Crippen molar-refractivity contribution in [1.29, 1.82) is 0 Å². The first-order valence-electron chi connectivity index (χ1n) is 12.1. The number of aliphatic hydroxyl groups excluding tert-OH is 1. The Morgan fingerprint density at radius 2 is 1.62 bits per heavy atom. The zero-order chi connectivity index (χ0) is 20.5. The minimum atomic E-state index is 0.220. The van der Waals surface area contributed by atoms with Gasteiger partial charge < -0.3 is 5.11 Å². The van der Waals surface area contributed by atoms with Gasteiger partial charge in [0.1, 0.15) is 0 Å². The van der Waals surface area contributed by atoms with E-state index in [9.17, 15) is 5.11 Å². The third-order valence-electron chi connectivity index (χ3n) is 6.96. The molecule has 1 aliphatic rings. The molecule has 0 bridgehead atoms. The lowest BCUT2D eigenvalue weighted by molar-refractivity contribution is 0.299. The molecular formula is C28H40O. The summed E-state index contributed by atoms with van der Waals surface area (Å²) in [5.74, 6) is 1.74. The molecule has 29 heavy (non-hydrogen) atoms. The van der Waals surface area contributed by atoms with Crippen LogP contribution in [0.15, 0.2) is 42.5 Å². The van der Waals surface area contributed by atoms with E-state index < -0.39 is 0 Å². The molecule has 158 valence electrons. The zero-order valence-corrected chi connectivity index (χ0v) is 18.6. The van der Waals surface area contributed by atoms with E-state index in [0.717, 1.165) is 24.7 Å². The van der Waals surface area contributed by atoms with E-state index in [0.29, 0.717) is 0 Å². The van der Waals surface area contributed by atoms with Crippen LogP contribution in [-0.2, 0) is 12.8 Å². The summed E-state index contributed by atoms with van der Waals surface area (Å²) in [5.41, 5.74) is 6.82. The summed E-state index contributed by atoms with van der Waals surface area (Å²) in [6, 6.07) is 16.1. The first-order chi connectivity index (χ1) is 14.2. The molecule has 0 aromatic heterocycles. The van der Waals surface area contributed by atoms with Crippen LogP contribution in [0, 0.1) is 5.92 Å². The summed E-state index contributed by atoms with van der Waals surface area (Å²) >= 11 is 0. The lowest BCUT2D eigenvalue weighted by atomic mass is 9.77. The molecule has 1 N–H and O–H groups in total. The Labute approximate surface area is 178 Å². The van der Waals surface area contributed by atoms with Gasteiger partial charge in [-0.15, -0.1) is 0 Å². The molecule has 1 heteroatoms. The molecule has 0 heterocycles. The average molecular weight is 393 g/mol. The summed E-state index contributed by atoms with van der Waals surface area (Å²) in [5, 5.41) is 9.20. The molecule has 1 saturated carbocycles. The predicted octanol–water partition coefficient (Wildman–Crippen LogP) is 7.70. The van der Waals surface area contributed by atoms with Crippen LogP contribution in [0.2, 0.25) is 0 Å². The molecule has 0 atom stereocenters. The molecule has 3 rings (SSSR count). The van der Waals surface area contributed by atoms with Crippen molar-refractivity contribution in [2.45, 2.75) is 90.4 Å². The summed E-state index contributed by atoms with van der Waals surface area (Å²) in [7, 11) is 0. The second-order valence-corrected chi connectivity index (χ2v) is 9.01. The maximum Gasteiger partial charge on any atom is 0.0471 e. The van der Waals surface area contributed by atoms with Crippen LogP contribution in [0.25, 0.3) is 11.1 Å². The second kappa shape index (κ2) is 11.6. The van der Waals surface area contributed by atoms with Gasteiger partial charge in [-0.2, -0.15) is 0 Å². The van der Waals surface area contributed by atoms with Crippen LogP contribution >= 0.6 is 0 Å². The van der Waals surface area contributed by atoms with Crippen molar-refractivity contribution in [2.75, 3.05) is 6.61 Å². The molecule has 1 aliphatic carbocycles. The van der Waals surface area contributed by atoms with Gasteiger partial charge in [-0.3, -0.25) is 0 Å². The lowest BCUT2D eigenvalue weighted by Gasteiger charge is -2.29. The summed E-state index contributed by atoms with van der Waals surface area (Å²) in [6.45, 7) is 4.74. The van der Waals surface area contributed by atoms with E-state index in [2.05, 4.69) is 56.3 Å². The number of hydrogen-bond donors (Lipinski definition) is 1. The fourth-order valence-electron chi connectivity index (χ4n) is 5.08. The molecule has 1 fully saturated rings. The van der Waals surface area contributed by atoms with Crippen molar-refractivity contribution in [3.05, 3.63) is 59.2 Å². The largest absolute Gasteiger partial charge is 0.396 e. The van der Waals surface area contributed by atoms with Crippen LogP contribution in [0.1, 0.15) is 94.2 Å². The standard InChI is InChI=1S/C28H40O/c1-3-5-6-7-8-22-9-12-25(13-10-22)26-14-16-27(17-15-26)28-18-11-23(19-20-29)21-24(28)4-2/h11,14-18,21-22,25,29H,3-10,12-13,19-20H2,1-2H3. The van der Waals surface area contributed by atoms with Gasteiger partial charge in [0, 0.05) is 6.61 Å². The van der Waals surface area contributed by atoms with Crippen molar-refractivity contribution >= 4 is 0 Å². The predicted molar refractivity (Wildman–Crippen MR) is 126 cm³/mol. The number of hydrogen-bond acceptors (Lipinski definition) is 1. The minimum absolute atomic E-state index is 0.220. The third-order valence-corrected chi connectivity index (χ3v) is 6.96. The number of aryl methyl sites for hydroxylation is 1. The molecule has 1 nitrogen and oxygen atoms in total. The van der Waals surface area contributed by atoms with Gasteiger partial charge in [0.15, 0.2) is 0 Å². The summed E-state index contributed by atoms with van der Waals surface area (Å²) < 4.78 is 0. The van der Waals surface area contributed by atoms with E-state index >= 15 is 0 Å². The van der Waals surface area contributed by atoms with Gasteiger partial charge in [0.05, 0.1) is 0 Å². The lowest BCUT2D eigenvalue weighted by Crippen LogP contribution is -2.13. The Hall–Kier alpha value is -1.60. The highest BCUT2D eigenvalue weighted by Gasteiger charge is 2.22. The molecule has 0 unspecified atom stereocenters. The van der Waals surface area contributed by atoms with Crippen LogP contribution in [0.4, 0.5) is 0 Å². The van der Waals surface area contributed by atoms with Gasteiger partial charge in [-0.1, -0.05) is 88.4 Å². The Kier molecular flexibility index (Phi) is 8.80. The second-order valence-electron chi connectivity index (χ2n) is 9.01. The van der Waals surface area contributed by atoms with Gasteiger partial charge in [-0.25, -0.2) is 0 Å². The Morgan fingerprint density at radius 3 is 2.28 bits per heavy atom. The SMILES string of the molecule is CCCCCCC1CCC(c2ccc(-c3ccc(CCO)cc3CC)cc2)CC1. The van der Waals surface area contributed by atoms with Crippen LogP contribution in [-0.4, -0.2) is 11.7 Å². The van der Waals surface area contributed by atoms with E-state index in [-0.39, 0.29) is 6.61 Å². The Balaban J connectivity index is 1.58. The molecule has 0 amide bonds. The van der Waals surface area contributed by atoms with Crippen LogP contribution in [0.3, 0.4) is 0 Å². The van der Waals surface area contributed by atoms with Gasteiger partial charge in [-0.05, 0) is 78.2 Å². The van der Waals surface area contributed by atoms with Gasteiger partial charge in [0.2, 0.25) is 0 Å². The van der Waals surface area contributed by atoms with E-state index in [4.69, 9.17) is 0 Å². The smallest absolute Gasteiger partial charge is 0.0471 e. The average Bonchev–Trinajstić information content (AvgIpc) is 2.77. The molecule has 0 saturated heterocycles. The van der Waals surface area contributed by atoms with Crippen molar-refractivity contribution in [2.24, 2.45) is 5.92 Å². The zero-order valence-electron chi connectivity index (χ0n) is 18.6.